The van der Waals surface area contributed by atoms with Crippen LogP contribution in [-0.2, 0) is 4.79 Å². The van der Waals surface area contributed by atoms with E-state index in [0.29, 0.717) is 0 Å². The zero-order valence-electron chi connectivity index (χ0n) is 4.85. The Balaban J connectivity index is 2.98. The van der Waals surface area contributed by atoms with E-state index in [4.69, 9.17) is 0 Å². The highest BCUT2D eigenvalue weighted by Crippen LogP contribution is 1.77. The van der Waals surface area contributed by atoms with Crippen LogP contribution in [-0.4, -0.2) is 24.9 Å². The van der Waals surface area contributed by atoms with Crippen molar-refractivity contribution in [3.05, 3.63) is 0 Å². The molecule has 0 N–H and O–H groups in total. The van der Waals surface area contributed by atoms with Gasteiger partial charge in [-0.15, -0.1) is 0 Å². The Labute approximate surface area is 44.1 Å². The molecule has 7 heavy (non-hydrogen) atoms. The Hall–Kier alpha value is -0.530. The summed E-state index contributed by atoms with van der Waals surface area (Å²) in [4.78, 5) is 11.4. The molecule has 0 fully saturated rings. The molecule has 1 amide bonds. The van der Waals surface area contributed by atoms with E-state index in [2.05, 4.69) is 0 Å². The number of carbonyl (C=O) groups excluding carboxylic acids is 1. The van der Waals surface area contributed by atoms with E-state index in [9.17, 15) is 4.79 Å². The highest BCUT2D eigenvalue weighted by molar-refractivity contribution is 5.45. The van der Waals surface area contributed by atoms with E-state index in [0.717, 1.165) is 19.4 Å². The average molecular weight is 101 g/mol. The van der Waals surface area contributed by atoms with Crippen molar-refractivity contribution < 1.29 is 4.79 Å². The molecule has 2 nitrogen and oxygen atoms in total. The lowest BCUT2D eigenvalue weighted by Gasteiger charge is -2.05. The molecular formula is C5H11NO. The summed E-state index contributed by atoms with van der Waals surface area (Å²) < 4.78 is 0. The van der Waals surface area contributed by atoms with Gasteiger partial charge in [0.2, 0.25) is 6.41 Å². The van der Waals surface area contributed by atoms with Crippen LogP contribution in [0.25, 0.3) is 0 Å². The van der Waals surface area contributed by atoms with Gasteiger partial charge in [0.25, 0.3) is 0 Å². The summed E-state index contributed by atoms with van der Waals surface area (Å²) in [6, 6.07) is 0. The molecule has 0 aromatic heterocycles. The lowest BCUT2D eigenvalue weighted by atomic mass is 10.5. The van der Waals surface area contributed by atoms with Gasteiger partial charge in [-0.05, 0) is 6.42 Å². The second-order valence-corrected chi connectivity index (χ2v) is 1.59. The van der Waals surface area contributed by atoms with Crippen LogP contribution in [0.15, 0.2) is 0 Å². The molecule has 0 saturated heterocycles. The first-order valence-electron chi connectivity index (χ1n) is 2.46. The third-order valence-electron chi connectivity index (χ3n) is 0.756. The monoisotopic (exact) mass is 101 g/mol. The molecule has 0 bridgehead atoms. The standard InChI is InChI=1S/C5H11NO/c1-3-4-6(2)5-7/h5H,3-4H2,1-2H3. The SMILES string of the molecule is CCCN(C)C=O. The summed E-state index contributed by atoms with van der Waals surface area (Å²) in [5, 5.41) is 0. The summed E-state index contributed by atoms with van der Waals surface area (Å²) in [5.41, 5.74) is 0. The van der Waals surface area contributed by atoms with Crippen molar-refractivity contribution in [2.45, 2.75) is 13.3 Å². The summed E-state index contributed by atoms with van der Waals surface area (Å²) in [6.45, 7) is 2.91. The Bertz CT molecular complexity index is 54.0. The van der Waals surface area contributed by atoms with E-state index in [1.807, 2.05) is 6.92 Å². The van der Waals surface area contributed by atoms with E-state index in [-0.39, 0.29) is 0 Å². The smallest absolute Gasteiger partial charge is 0.209 e. The number of carbonyl (C=O) groups is 1. The Morgan fingerprint density at radius 1 is 1.71 bits per heavy atom. The van der Waals surface area contributed by atoms with Crippen molar-refractivity contribution in [3.8, 4) is 0 Å². The molecule has 0 saturated carbocycles. The second kappa shape index (κ2) is 3.65. The van der Waals surface area contributed by atoms with Gasteiger partial charge in [0.1, 0.15) is 0 Å². The topological polar surface area (TPSA) is 20.3 Å². The molecule has 0 aromatic carbocycles. The Kier molecular flexibility index (Phi) is 3.38. The second-order valence-electron chi connectivity index (χ2n) is 1.59. The molecule has 42 valence electrons. The molecular weight excluding hydrogens is 90.1 g/mol. The van der Waals surface area contributed by atoms with Crippen molar-refractivity contribution in [2.24, 2.45) is 0 Å². The number of hydrogen-bond acceptors (Lipinski definition) is 1. The fourth-order valence-corrected chi connectivity index (χ4v) is 0.405. The minimum absolute atomic E-state index is 0.837. The van der Waals surface area contributed by atoms with Gasteiger partial charge in [0.15, 0.2) is 0 Å². The van der Waals surface area contributed by atoms with Crippen LogP contribution in [0, 0.1) is 0 Å². The Morgan fingerprint density at radius 2 is 2.29 bits per heavy atom. The summed E-state index contributed by atoms with van der Waals surface area (Å²) in [7, 11) is 1.77. The zero-order valence-corrected chi connectivity index (χ0v) is 4.85. The van der Waals surface area contributed by atoms with Crippen LogP contribution < -0.4 is 0 Å². The first-order valence-corrected chi connectivity index (χ1v) is 2.46. The van der Waals surface area contributed by atoms with Crippen molar-refractivity contribution in [3.63, 3.8) is 0 Å². The van der Waals surface area contributed by atoms with Crippen LogP contribution in [0.1, 0.15) is 13.3 Å². The highest BCUT2D eigenvalue weighted by atomic mass is 16.1. The molecule has 0 spiro atoms. The van der Waals surface area contributed by atoms with Crippen LogP contribution in [0.4, 0.5) is 0 Å². The quantitative estimate of drug-likeness (QED) is 0.473. The lowest BCUT2D eigenvalue weighted by molar-refractivity contribution is -0.117. The first-order chi connectivity index (χ1) is 3.31. The van der Waals surface area contributed by atoms with Crippen LogP contribution in [0.2, 0.25) is 0 Å². The molecule has 0 atom stereocenters. The maximum absolute atomic E-state index is 9.82. The fraction of sp³-hybridized carbons (Fsp3) is 0.800. The highest BCUT2D eigenvalue weighted by Gasteiger charge is 1.84. The third-order valence-corrected chi connectivity index (χ3v) is 0.756. The van der Waals surface area contributed by atoms with E-state index >= 15 is 0 Å². The van der Waals surface area contributed by atoms with Gasteiger partial charge >= 0.3 is 0 Å². The molecule has 0 aliphatic heterocycles. The number of rotatable bonds is 3. The van der Waals surface area contributed by atoms with Gasteiger partial charge < -0.3 is 4.90 Å². The van der Waals surface area contributed by atoms with E-state index in [1.165, 1.54) is 0 Å². The van der Waals surface area contributed by atoms with Gasteiger partial charge in [0, 0.05) is 13.6 Å². The van der Waals surface area contributed by atoms with Gasteiger partial charge in [-0.3, -0.25) is 4.79 Å². The van der Waals surface area contributed by atoms with Crippen LogP contribution in [0.3, 0.4) is 0 Å². The van der Waals surface area contributed by atoms with E-state index < -0.39 is 0 Å². The van der Waals surface area contributed by atoms with Crippen LogP contribution in [0.5, 0.6) is 0 Å². The predicted octanol–water partition coefficient (Wildman–Crippen LogP) is 0.485. The van der Waals surface area contributed by atoms with E-state index in [1.54, 1.807) is 11.9 Å². The van der Waals surface area contributed by atoms with Gasteiger partial charge in [-0.25, -0.2) is 0 Å². The number of nitrogens with zero attached hydrogens (tertiary/aromatic N) is 1. The van der Waals surface area contributed by atoms with Crippen LogP contribution >= 0.6 is 0 Å². The minimum atomic E-state index is 0.837. The average Bonchev–Trinajstić information content (AvgIpc) is 1.68. The van der Waals surface area contributed by atoms with Gasteiger partial charge in [0.05, 0.1) is 0 Å². The third kappa shape index (κ3) is 3.30. The normalized spacial score (nSPS) is 8.29. The molecule has 0 radical (unpaired) electrons. The summed E-state index contributed by atoms with van der Waals surface area (Å²) in [5.74, 6) is 0. The summed E-state index contributed by atoms with van der Waals surface area (Å²) in [6.07, 6.45) is 1.87. The van der Waals surface area contributed by atoms with Crippen molar-refractivity contribution in [2.75, 3.05) is 13.6 Å². The zero-order chi connectivity index (χ0) is 5.70. The van der Waals surface area contributed by atoms with Gasteiger partial charge in [-0.1, -0.05) is 6.92 Å². The Morgan fingerprint density at radius 3 is 2.43 bits per heavy atom. The summed E-state index contributed by atoms with van der Waals surface area (Å²) >= 11 is 0. The molecule has 0 rings (SSSR count). The molecule has 0 aliphatic carbocycles. The van der Waals surface area contributed by atoms with Gasteiger partial charge in [-0.2, -0.15) is 0 Å². The largest absolute Gasteiger partial charge is 0.348 e. The van der Waals surface area contributed by atoms with Crippen molar-refractivity contribution in [1.29, 1.82) is 0 Å². The van der Waals surface area contributed by atoms with Crippen molar-refractivity contribution >= 4 is 6.41 Å². The number of amides is 1. The molecule has 0 aliphatic rings. The maximum atomic E-state index is 9.82. The molecule has 2 heteroatoms. The molecule has 0 unspecified atom stereocenters. The van der Waals surface area contributed by atoms with Crippen molar-refractivity contribution in [1.82, 2.24) is 4.90 Å². The fourth-order valence-electron chi connectivity index (χ4n) is 0.405. The minimum Gasteiger partial charge on any atom is -0.348 e. The molecule has 0 heterocycles. The maximum Gasteiger partial charge on any atom is 0.209 e. The number of hydrogen-bond donors (Lipinski definition) is 0. The lowest BCUT2D eigenvalue weighted by Crippen LogP contribution is -2.15. The molecule has 0 aromatic rings. The first kappa shape index (κ1) is 6.47. The predicted molar refractivity (Wildman–Crippen MR) is 29.0 cm³/mol.